The minimum absolute atomic E-state index is 0.0248. The molecule has 0 aromatic heterocycles. The number of carbonyl (C=O) groups is 1. The molecule has 1 amide bonds. The summed E-state index contributed by atoms with van der Waals surface area (Å²) < 4.78 is 0. The van der Waals surface area contributed by atoms with Crippen LogP contribution >= 0.6 is 0 Å². The molecule has 0 bridgehead atoms. The van der Waals surface area contributed by atoms with Gasteiger partial charge in [0.25, 0.3) is 0 Å². The van der Waals surface area contributed by atoms with Crippen molar-refractivity contribution < 1.29 is 4.79 Å². The number of nitrogens with one attached hydrogen (secondary N) is 1. The van der Waals surface area contributed by atoms with Gasteiger partial charge in [0.1, 0.15) is 0 Å². The number of hydrogen-bond acceptors (Lipinski definition) is 4. The Morgan fingerprint density at radius 3 is 2.33 bits per heavy atom. The second-order valence-corrected chi connectivity index (χ2v) is 4.14. The molecule has 5 heteroatoms. The minimum Gasteiger partial charge on any atom is -0.301 e. The predicted molar refractivity (Wildman–Crippen MR) is 60.0 cm³/mol. The molecule has 1 heterocycles. The summed E-state index contributed by atoms with van der Waals surface area (Å²) in [5, 5.41) is 0. The molecule has 88 valence electrons. The molecule has 1 fully saturated rings. The van der Waals surface area contributed by atoms with Crippen molar-refractivity contribution in [1.29, 1.82) is 0 Å². The van der Waals surface area contributed by atoms with Gasteiger partial charge in [-0.3, -0.25) is 10.2 Å². The summed E-state index contributed by atoms with van der Waals surface area (Å²) in [6.07, 6.45) is 0. The van der Waals surface area contributed by atoms with Gasteiger partial charge >= 0.3 is 0 Å². The Morgan fingerprint density at radius 1 is 1.33 bits per heavy atom. The van der Waals surface area contributed by atoms with Crippen molar-refractivity contribution in [3.63, 3.8) is 0 Å². The van der Waals surface area contributed by atoms with Crippen LogP contribution in [0.4, 0.5) is 0 Å². The summed E-state index contributed by atoms with van der Waals surface area (Å²) in [5.74, 6) is 4.99. The molecule has 0 spiro atoms. The number of nitrogens with zero attached hydrogens (tertiary/aromatic N) is 2. The number of piperazine rings is 1. The van der Waals surface area contributed by atoms with E-state index in [1.807, 2.05) is 6.92 Å². The zero-order valence-electron chi connectivity index (χ0n) is 9.70. The summed E-state index contributed by atoms with van der Waals surface area (Å²) in [6, 6.07) is 0. The van der Waals surface area contributed by atoms with Gasteiger partial charge in [-0.25, -0.2) is 5.84 Å². The van der Waals surface area contributed by atoms with Gasteiger partial charge in [-0.1, -0.05) is 13.8 Å². The van der Waals surface area contributed by atoms with Crippen LogP contribution in [0.3, 0.4) is 0 Å². The van der Waals surface area contributed by atoms with Crippen LogP contribution in [-0.2, 0) is 4.79 Å². The maximum absolute atomic E-state index is 11.2. The number of likely N-dealkylation sites (N-methyl/N-ethyl adjacent to an activating group) is 1. The highest BCUT2D eigenvalue weighted by Gasteiger charge is 2.20. The molecule has 0 aromatic carbocycles. The summed E-state index contributed by atoms with van der Waals surface area (Å²) in [6.45, 7) is 10.3. The average molecular weight is 214 g/mol. The first-order valence-corrected chi connectivity index (χ1v) is 5.62. The SMILES string of the molecule is CCN1CCN(CC(C)C(=O)NN)CC1. The molecule has 1 unspecified atom stereocenters. The third-order valence-corrected chi connectivity index (χ3v) is 3.03. The fourth-order valence-electron chi connectivity index (χ4n) is 1.90. The number of amides is 1. The molecular weight excluding hydrogens is 192 g/mol. The number of hydrogen-bond donors (Lipinski definition) is 2. The van der Waals surface area contributed by atoms with Crippen LogP contribution in [0, 0.1) is 5.92 Å². The monoisotopic (exact) mass is 214 g/mol. The van der Waals surface area contributed by atoms with Gasteiger partial charge < -0.3 is 9.80 Å². The molecule has 0 aliphatic carbocycles. The van der Waals surface area contributed by atoms with Crippen LogP contribution in [0.5, 0.6) is 0 Å². The van der Waals surface area contributed by atoms with Gasteiger partial charge in [0, 0.05) is 38.6 Å². The molecule has 1 saturated heterocycles. The Kier molecular flexibility index (Phi) is 5.01. The summed E-state index contributed by atoms with van der Waals surface area (Å²) in [4.78, 5) is 16.0. The van der Waals surface area contributed by atoms with Crippen molar-refractivity contribution >= 4 is 5.91 Å². The molecule has 1 aliphatic rings. The van der Waals surface area contributed by atoms with Crippen LogP contribution in [0.15, 0.2) is 0 Å². The number of rotatable bonds is 4. The lowest BCUT2D eigenvalue weighted by Gasteiger charge is -2.34. The highest BCUT2D eigenvalue weighted by Crippen LogP contribution is 2.05. The molecular formula is C10H22N4O. The Labute approximate surface area is 91.6 Å². The van der Waals surface area contributed by atoms with Crippen molar-refractivity contribution in [3.8, 4) is 0 Å². The third kappa shape index (κ3) is 3.77. The fraction of sp³-hybridized carbons (Fsp3) is 0.900. The van der Waals surface area contributed by atoms with Gasteiger partial charge in [-0.15, -0.1) is 0 Å². The third-order valence-electron chi connectivity index (χ3n) is 3.03. The fourth-order valence-corrected chi connectivity index (χ4v) is 1.90. The van der Waals surface area contributed by atoms with Gasteiger partial charge in [0.2, 0.25) is 5.91 Å². The van der Waals surface area contributed by atoms with E-state index in [2.05, 4.69) is 22.1 Å². The highest BCUT2D eigenvalue weighted by atomic mass is 16.2. The van der Waals surface area contributed by atoms with E-state index in [0.29, 0.717) is 0 Å². The normalized spacial score (nSPS) is 21.3. The molecule has 3 N–H and O–H groups in total. The quantitative estimate of drug-likeness (QED) is 0.367. The van der Waals surface area contributed by atoms with Crippen LogP contribution in [0.2, 0.25) is 0 Å². The van der Waals surface area contributed by atoms with Crippen molar-refractivity contribution in [2.24, 2.45) is 11.8 Å². The first-order valence-electron chi connectivity index (χ1n) is 5.62. The van der Waals surface area contributed by atoms with E-state index < -0.39 is 0 Å². The molecule has 1 atom stereocenters. The van der Waals surface area contributed by atoms with E-state index in [9.17, 15) is 4.79 Å². The van der Waals surface area contributed by atoms with E-state index in [1.165, 1.54) is 0 Å². The van der Waals surface area contributed by atoms with Crippen LogP contribution in [0.25, 0.3) is 0 Å². The minimum atomic E-state index is -0.0760. The second-order valence-electron chi connectivity index (χ2n) is 4.14. The molecule has 1 aliphatic heterocycles. The first-order chi connectivity index (χ1) is 7.17. The molecule has 0 saturated carbocycles. The van der Waals surface area contributed by atoms with Crippen LogP contribution in [0.1, 0.15) is 13.8 Å². The molecule has 0 aromatic rings. The predicted octanol–water partition coefficient (Wildman–Crippen LogP) is -0.750. The topological polar surface area (TPSA) is 61.6 Å². The van der Waals surface area contributed by atoms with E-state index >= 15 is 0 Å². The lowest BCUT2D eigenvalue weighted by Crippen LogP contribution is -2.49. The maximum atomic E-state index is 11.2. The Bertz CT molecular complexity index is 202. The Hall–Kier alpha value is -0.650. The number of nitrogens with two attached hydrogens (primary N) is 1. The van der Waals surface area contributed by atoms with Gasteiger partial charge in [-0.05, 0) is 6.54 Å². The number of carbonyl (C=O) groups excluding carboxylic acids is 1. The number of hydrazine groups is 1. The molecule has 5 nitrogen and oxygen atoms in total. The summed E-state index contributed by atoms with van der Waals surface area (Å²) >= 11 is 0. The molecule has 15 heavy (non-hydrogen) atoms. The zero-order valence-corrected chi connectivity index (χ0v) is 9.70. The Balaban J connectivity index is 2.26. The van der Waals surface area contributed by atoms with Crippen LogP contribution in [-0.4, -0.2) is 55.0 Å². The van der Waals surface area contributed by atoms with Gasteiger partial charge in [0.15, 0.2) is 0 Å². The lowest BCUT2D eigenvalue weighted by atomic mass is 10.1. The standard InChI is InChI=1S/C10H22N4O/c1-3-13-4-6-14(7-5-13)8-9(2)10(15)12-11/h9H,3-8,11H2,1-2H3,(H,12,15). The first kappa shape index (κ1) is 12.4. The van der Waals surface area contributed by atoms with E-state index in [0.717, 1.165) is 39.3 Å². The van der Waals surface area contributed by atoms with Crippen LogP contribution < -0.4 is 11.3 Å². The largest absolute Gasteiger partial charge is 0.301 e. The summed E-state index contributed by atoms with van der Waals surface area (Å²) in [7, 11) is 0. The van der Waals surface area contributed by atoms with Gasteiger partial charge in [0.05, 0.1) is 0 Å². The average Bonchev–Trinajstić information content (AvgIpc) is 2.29. The lowest BCUT2D eigenvalue weighted by molar-refractivity contribution is -0.125. The molecule has 1 rings (SSSR count). The van der Waals surface area contributed by atoms with E-state index in [-0.39, 0.29) is 11.8 Å². The highest BCUT2D eigenvalue weighted by molar-refractivity contribution is 5.77. The molecule has 0 radical (unpaired) electrons. The Morgan fingerprint density at radius 2 is 1.87 bits per heavy atom. The van der Waals surface area contributed by atoms with Crippen molar-refractivity contribution in [3.05, 3.63) is 0 Å². The van der Waals surface area contributed by atoms with Crippen molar-refractivity contribution in [2.45, 2.75) is 13.8 Å². The van der Waals surface area contributed by atoms with Gasteiger partial charge in [-0.2, -0.15) is 0 Å². The second kappa shape index (κ2) is 6.05. The maximum Gasteiger partial charge on any atom is 0.237 e. The van der Waals surface area contributed by atoms with E-state index in [4.69, 9.17) is 5.84 Å². The van der Waals surface area contributed by atoms with Crippen molar-refractivity contribution in [1.82, 2.24) is 15.2 Å². The summed E-state index contributed by atoms with van der Waals surface area (Å²) in [5.41, 5.74) is 2.20. The smallest absolute Gasteiger partial charge is 0.237 e. The van der Waals surface area contributed by atoms with Crippen molar-refractivity contribution in [2.75, 3.05) is 39.3 Å². The van der Waals surface area contributed by atoms with E-state index in [1.54, 1.807) is 0 Å². The zero-order chi connectivity index (χ0) is 11.3.